The van der Waals surface area contributed by atoms with E-state index in [9.17, 15) is 5.11 Å². The molecule has 17 heavy (non-hydrogen) atoms. The van der Waals surface area contributed by atoms with E-state index >= 15 is 0 Å². The minimum atomic E-state index is 0.215. The molecular weight excluding hydrogens is 216 g/mol. The maximum absolute atomic E-state index is 9.91. The molecule has 92 valence electrons. The summed E-state index contributed by atoms with van der Waals surface area (Å²) in [6.07, 6.45) is 2.13. The first kappa shape index (κ1) is 11.8. The fourth-order valence-electron chi connectivity index (χ4n) is 1.71. The van der Waals surface area contributed by atoms with Crippen LogP contribution in [0.3, 0.4) is 0 Å². The van der Waals surface area contributed by atoms with E-state index < -0.39 is 0 Å². The third kappa shape index (κ3) is 2.90. The molecule has 0 bridgehead atoms. The number of phenols is 1. The average Bonchev–Trinajstić information content (AvgIpc) is 2.83. The number of ether oxygens (including phenoxy) is 1. The van der Waals surface area contributed by atoms with E-state index in [0.29, 0.717) is 12.4 Å². The van der Waals surface area contributed by atoms with Gasteiger partial charge in [0.15, 0.2) is 0 Å². The third-order valence-electron chi connectivity index (χ3n) is 2.67. The molecule has 0 aliphatic carbocycles. The minimum Gasteiger partial charge on any atom is -0.507 e. The Bertz CT molecular complexity index is 416. The zero-order valence-corrected chi connectivity index (χ0v) is 10.1. The number of hydrogen-bond donors (Lipinski definition) is 2. The fourth-order valence-corrected chi connectivity index (χ4v) is 1.71. The van der Waals surface area contributed by atoms with Crippen LogP contribution in [0.4, 0.5) is 0 Å². The molecule has 2 N–H and O–H groups in total. The van der Waals surface area contributed by atoms with Gasteiger partial charge in [0.05, 0.1) is 18.7 Å². The highest BCUT2D eigenvalue weighted by atomic mass is 16.5. The number of hydrogen-bond acceptors (Lipinski definition) is 4. The van der Waals surface area contributed by atoms with Crippen LogP contribution < -0.4 is 10.1 Å². The van der Waals surface area contributed by atoms with E-state index in [1.54, 1.807) is 6.07 Å². The largest absolute Gasteiger partial charge is 0.507 e. The van der Waals surface area contributed by atoms with E-state index in [0.717, 1.165) is 37.3 Å². The van der Waals surface area contributed by atoms with E-state index in [-0.39, 0.29) is 5.75 Å². The first-order chi connectivity index (χ1) is 8.31. The predicted molar refractivity (Wildman–Crippen MR) is 67.9 cm³/mol. The summed E-state index contributed by atoms with van der Waals surface area (Å²) in [5.74, 6) is 1.69. The van der Waals surface area contributed by atoms with Crippen LogP contribution in [0.2, 0.25) is 0 Å². The van der Waals surface area contributed by atoms with Crippen molar-refractivity contribution in [2.45, 2.75) is 19.8 Å². The molecule has 1 aliphatic rings. The lowest BCUT2D eigenvalue weighted by atomic mass is 10.1. The lowest BCUT2D eigenvalue weighted by Gasteiger charge is -2.09. The van der Waals surface area contributed by atoms with Crippen LogP contribution in [0.15, 0.2) is 23.2 Å². The first-order valence-corrected chi connectivity index (χ1v) is 6.05. The number of aromatic hydroxyl groups is 1. The minimum absolute atomic E-state index is 0.215. The fraction of sp³-hybridized carbons (Fsp3) is 0.462. The molecule has 1 aliphatic heterocycles. The number of phenolic OH excluding ortho intramolecular Hbond substituents is 1. The molecule has 0 aromatic heterocycles. The highest BCUT2D eigenvalue weighted by molar-refractivity contribution is 6.02. The maximum Gasteiger partial charge on any atom is 0.132 e. The normalized spacial score (nSPS) is 14.3. The zero-order chi connectivity index (χ0) is 12.1. The van der Waals surface area contributed by atoms with Crippen LogP contribution in [0.1, 0.15) is 25.3 Å². The molecule has 4 heteroatoms. The van der Waals surface area contributed by atoms with E-state index in [4.69, 9.17) is 4.74 Å². The molecule has 0 fully saturated rings. The number of nitrogens with one attached hydrogen (secondary N) is 1. The van der Waals surface area contributed by atoms with Crippen molar-refractivity contribution < 1.29 is 9.84 Å². The highest BCUT2D eigenvalue weighted by Crippen LogP contribution is 2.24. The van der Waals surface area contributed by atoms with Crippen molar-refractivity contribution in [2.75, 3.05) is 19.7 Å². The monoisotopic (exact) mass is 234 g/mol. The average molecular weight is 234 g/mol. The molecule has 0 saturated heterocycles. The van der Waals surface area contributed by atoms with Gasteiger partial charge in [-0.2, -0.15) is 0 Å². The highest BCUT2D eigenvalue weighted by Gasteiger charge is 2.12. The number of benzene rings is 1. The van der Waals surface area contributed by atoms with Crippen molar-refractivity contribution in [3.8, 4) is 11.5 Å². The van der Waals surface area contributed by atoms with Crippen LogP contribution in [0, 0.1) is 0 Å². The van der Waals surface area contributed by atoms with Crippen molar-refractivity contribution in [2.24, 2.45) is 4.99 Å². The molecule has 0 saturated carbocycles. The summed E-state index contributed by atoms with van der Waals surface area (Å²) in [7, 11) is 0. The molecule has 2 rings (SSSR count). The van der Waals surface area contributed by atoms with Gasteiger partial charge in [-0.3, -0.25) is 4.99 Å². The summed E-state index contributed by atoms with van der Waals surface area (Å²) in [6.45, 7) is 4.41. The van der Waals surface area contributed by atoms with Crippen molar-refractivity contribution in [1.82, 2.24) is 5.32 Å². The summed E-state index contributed by atoms with van der Waals surface area (Å²) in [5, 5.41) is 13.0. The number of rotatable bonds is 5. The van der Waals surface area contributed by atoms with Gasteiger partial charge in [0.1, 0.15) is 17.3 Å². The van der Waals surface area contributed by atoms with Gasteiger partial charge in [0, 0.05) is 12.6 Å². The number of nitrogens with zero attached hydrogens (tertiary/aromatic N) is 1. The first-order valence-electron chi connectivity index (χ1n) is 6.05. The van der Waals surface area contributed by atoms with Crippen molar-refractivity contribution in [3.05, 3.63) is 23.8 Å². The van der Waals surface area contributed by atoms with Gasteiger partial charge in [-0.05, 0) is 18.6 Å². The number of unbranched alkanes of at least 4 members (excludes halogenated alkanes) is 1. The molecule has 0 unspecified atom stereocenters. The Labute approximate surface area is 101 Å². The lowest BCUT2D eigenvalue weighted by Crippen LogP contribution is -2.19. The van der Waals surface area contributed by atoms with Gasteiger partial charge < -0.3 is 15.2 Å². The zero-order valence-electron chi connectivity index (χ0n) is 10.1. The van der Waals surface area contributed by atoms with Gasteiger partial charge in [-0.25, -0.2) is 0 Å². The second-order valence-electron chi connectivity index (χ2n) is 4.04. The Kier molecular flexibility index (Phi) is 3.85. The van der Waals surface area contributed by atoms with Gasteiger partial charge in [-0.15, -0.1) is 0 Å². The van der Waals surface area contributed by atoms with Crippen LogP contribution in [0.25, 0.3) is 0 Å². The Balaban J connectivity index is 2.06. The van der Waals surface area contributed by atoms with Gasteiger partial charge in [-0.1, -0.05) is 13.3 Å². The number of aliphatic imine (C=N–C) groups is 1. The van der Waals surface area contributed by atoms with Crippen LogP contribution in [-0.2, 0) is 0 Å². The molecule has 0 spiro atoms. The second kappa shape index (κ2) is 5.57. The second-order valence-corrected chi connectivity index (χ2v) is 4.04. The molecular formula is C13H18N2O2. The van der Waals surface area contributed by atoms with Crippen LogP contribution in [0.5, 0.6) is 11.5 Å². The Hall–Kier alpha value is -1.71. The maximum atomic E-state index is 9.91. The Morgan fingerprint density at radius 2 is 2.35 bits per heavy atom. The smallest absolute Gasteiger partial charge is 0.132 e. The predicted octanol–water partition coefficient (Wildman–Crippen LogP) is 1.92. The summed E-state index contributed by atoms with van der Waals surface area (Å²) in [5.41, 5.74) is 0.741. The molecule has 1 heterocycles. The SMILES string of the molecule is CCCCOc1ccc(C2=NCCN2)c(O)c1. The van der Waals surface area contributed by atoms with E-state index in [1.165, 1.54) is 0 Å². The van der Waals surface area contributed by atoms with Gasteiger partial charge >= 0.3 is 0 Å². The van der Waals surface area contributed by atoms with Crippen molar-refractivity contribution in [1.29, 1.82) is 0 Å². The van der Waals surface area contributed by atoms with Crippen LogP contribution in [-0.4, -0.2) is 30.6 Å². The Morgan fingerprint density at radius 1 is 1.47 bits per heavy atom. The van der Waals surface area contributed by atoms with Crippen molar-refractivity contribution >= 4 is 5.84 Å². The van der Waals surface area contributed by atoms with Gasteiger partial charge in [0.25, 0.3) is 0 Å². The lowest BCUT2D eigenvalue weighted by molar-refractivity contribution is 0.307. The third-order valence-corrected chi connectivity index (χ3v) is 2.67. The van der Waals surface area contributed by atoms with Gasteiger partial charge in [0.2, 0.25) is 0 Å². The topological polar surface area (TPSA) is 53.8 Å². The van der Waals surface area contributed by atoms with Crippen molar-refractivity contribution in [3.63, 3.8) is 0 Å². The summed E-state index contributed by atoms with van der Waals surface area (Å²) >= 11 is 0. The molecule has 4 nitrogen and oxygen atoms in total. The summed E-state index contributed by atoms with van der Waals surface area (Å²) in [4.78, 5) is 4.28. The molecule has 1 aromatic rings. The molecule has 1 aromatic carbocycles. The quantitative estimate of drug-likeness (QED) is 0.765. The summed E-state index contributed by atoms with van der Waals surface area (Å²) < 4.78 is 5.52. The van der Waals surface area contributed by atoms with Crippen LogP contribution >= 0.6 is 0 Å². The standard InChI is InChI=1S/C13H18N2O2/c1-2-3-8-17-10-4-5-11(12(16)9-10)13-14-6-7-15-13/h4-5,9,16H,2-3,6-8H2,1H3,(H,14,15). The molecule has 0 amide bonds. The van der Waals surface area contributed by atoms with E-state index in [1.807, 2.05) is 12.1 Å². The Morgan fingerprint density at radius 3 is 3.00 bits per heavy atom. The summed E-state index contributed by atoms with van der Waals surface area (Å²) in [6, 6.07) is 5.36. The van der Waals surface area contributed by atoms with E-state index in [2.05, 4.69) is 17.2 Å². The number of amidine groups is 1. The molecule has 0 atom stereocenters. The molecule has 0 radical (unpaired) electrons.